The number of aromatic nitrogens is 12. The van der Waals surface area contributed by atoms with Crippen LogP contribution in [0.15, 0.2) is 216 Å². The largest absolute Gasteiger partial charge is 0.345 e. The van der Waals surface area contributed by atoms with Gasteiger partial charge >= 0.3 is 26.7 Å². The molecule has 14 aromatic heterocycles. The predicted molar refractivity (Wildman–Crippen MR) is 400 cm³/mol. The summed E-state index contributed by atoms with van der Waals surface area (Å²) in [7, 11) is 0. The Bertz CT molecular complexity index is 6310. The average Bonchev–Trinajstić information content (AvgIpc) is 1.57. The summed E-state index contributed by atoms with van der Waals surface area (Å²) in [5.41, 5.74) is 22.4. The Morgan fingerprint density at radius 3 is 1.17 bits per heavy atom. The van der Waals surface area contributed by atoms with Crippen molar-refractivity contribution in [2.45, 2.75) is 83.1 Å². The number of benzene rings is 4. The van der Waals surface area contributed by atoms with Gasteiger partial charge in [0.15, 0.2) is 49.6 Å². The molecule has 0 saturated carbocycles. The van der Waals surface area contributed by atoms with Gasteiger partial charge in [0.05, 0.1) is 81.8 Å². The van der Waals surface area contributed by atoms with E-state index in [4.69, 9.17) is 15.0 Å². The van der Waals surface area contributed by atoms with Crippen LogP contribution in [0, 0.1) is 13.8 Å². The third-order valence-corrected chi connectivity index (χ3v) is 23.7. The van der Waals surface area contributed by atoms with Crippen molar-refractivity contribution in [3.63, 3.8) is 0 Å². The van der Waals surface area contributed by atoms with Crippen LogP contribution in [0.3, 0.4) is 0 Å². The van der Waals surface area contributed by atoms with E-state index in [1.807, 2.05) is 18.3 Å². The van der Waals surface area contributed by atoms with E-state index in [-0.39, 0.29) is 29.7 Å². The second kappa shape index (κ2) is 22.9. The number of thiophene rings is 4. The van der Waals surface area contributed by atoms with Crippen LogP contribution in [0.5, 0.6) is 0 Å². The Balaban J connectivity index is 0.0000000977. The summed E-state index contributed by atoms with van der Waals surface area (Å²) in [6.45, 7) is 7.68. The van der Waals surface area contributed by atoms with Crippen LogP contribution in [0.4, 0.5) is 11.4 Å². The molecule has 0 aliphatic carbocycles. The summed E-state index contributed by atoms with van der Waals surface area (Å²) in [6.07, 6.45) is 19.1. The molecule has 20 heterocycles. The van der Waals surface area contributed by atoms with Crippen LogP contribution in [0.2, 0.25) is 0 Å². The standard InChI is InChI=1S/C23H15N3S2.C19H13N4S.C19H13N3S.C15H11N4.4CH4/c1-4-14-16-12-17(18-7-8-20(28-18)19-6-3-11-27-19)24-21(16)15-5-2-10-26-13-25(9-1)22(14)23(15)26;1-11-6-7-14(24-11)19-20-15-12-4-2-8-22-10-23-9-3-5-13(16(15)21-19)18(23)17(12)22;1-4-12-14-10-15(16-6-3-9-23-16)20-17(14)13-5-2-8-22-11-21(7-1)18(12)19(13)22;1-9-16-12-10-4-2-6-18-8-19-7-3-5-11(13(12)17-9)15(19)14(10)18;;;;/h1-11H,12-13H2;2-9H,10H2,1H3;1-9H,10-11H2;2-7H,8H2,1H3;4*1H4/q+2;+1;+2;+1;;;;/p+2. The number of nitrogens with zero attached hydrogens (tertiary/aromatic N) is 12. The van der Waals surface area contributed by atoms with Gasteiger partial charge in [-0.05, 0) is 121 Å². The van der Waals surface area contributed by atoms with E-state index in [9.17, 15) is 0 Å². The molecular weight excluding hydrogens is 1290 g/mol. The summed E-state index contributed by atoms with van der Waals surface area (Å²) in [5.74, 6) is 1.93. The van der Waals surface area contributed by atoms with Crippen molar-refractivity contribution in [2.24, 2.45) is 9.98 Å². The van der Waals surface area contributed by atoms with Gasteiger partial charge < -0.3 is 9.97 Å². The minimum atomic E-state index is 0. The van der Waals surface area contributed by atoms with E-state index in [0.717, 1.165) is 78.9 Å². The average molecular weight is 1360 g/mol. The number of rotatable bonds is 4. The molecule has 0 unspecified atom stereocenters. The molecule has 0 radical (unpaired) electrons. The number of H-pyrrole nitrogens is 2. The molecule has 14 nitrogen and oxygen atoms in total. The first-order chi connectivity index (χ1) is 46.4. The lowest BCUT2D eigenvalue weighted by Crippen LogP contribution is -2.45. The lowest BCUT2D eigenvalue weighted by molar-refractivity contribution is -0.872. The van der Waals surface area contributed by atoms with Crippen molar-refractivity contribution < 1.29 is 36.5 Å². The van der Waals surface area contributed by atoms with Crippen molar-refractivity contribution in [1.29, 1.82) is 0 Å². The van der Waals surface area contributed by atoms with Gasteiger partial charge in [0, 0.05) is 85.8 Å². The first-order valence-electron chi connectivity index (χ1n) is 31.7. The first kappa shape index (κ1) is 60.9. The molecular formula is C80H70N14S4+8. The molecule has 6 aliphatic rings. The fourth-order valence-corrected chi connectivity index (χ4v) is 19.1. The highest BCUT2D eigenvalue weighted by Gasteiger charge is 2.40. The second-order valence-electron chi connectivity index (χ2n) is 25.0. The Labute approximate surface area is 580 Å². The highest BCUT2D eigenvalue weighted by atomic mass is 32.1. The zero-order valence-electron chi connectivity index (χ0n) is 50.9. The third kappa shape index (κ3) is 8.86. The monoisotopic (exact) mass is 1350 g/mol. The molecule has 6 aliphatic heterocycles. The maximum absolute atomic E-state index is 5.17. The zero-order valence-corrected chi connectivity index (χ0v) is 54.1. The van der Waals surface area contributed by atoms with Crippen molar-refractivity contribution in [3.05, 3.63) is 238 Å². The molecule has 0 fully saturated rings. The number of aromatic amines is 2. The van der Waals surface area contributed by atoms with Gasteiger partial charge in [0.1, 0.15) is 22.7 Å². The highest BCUT2D eigenvalue weighted by molar-refractivity contribution is 7.22. The van der Waals surface area contributed by atoms with Gasteiger partial charge in [-0.1, -0.05) is 41.8 Å². The Kier molecular flexibility index (Phi) is 14.3. The molecule has 476 valence electrons. The molecule has 18 heteroatoms. The van der Waals surface area contributed by atoms with Crippen molar-refractivity contribution in [1.82, 2.24) is 19.9 Å². The molecule has 98 heavy (non-hydrogen) atoms. The summed E-state index contributed by atoms with van der Waals surface area (Å²) in [5, 5.41) is 14.4. The van der Waals surface area contributed by atoms with Crippen LogP contribution < -0.4 is 36.5 Å². The maximum atomic E-state index is 5.17. The summed E-state index contributed by atoms with van der Waals surface area (Å²) < 4.78 is 18.6. The first-order valence-corrected chi connectivity index (χ1v) is 35.1. The van der Waals surface area contributed by atoms with Gasteiger partial charge in [-0.2, -0.15) is 0 Å². The maximum Gasteiger partial charge on any atom is 0.345 e. The van der Waals surface area contributed by atoms with Crippen LogP contribution in [-0.2, 0) is 39.5 Å². The highest BCUT2D eigenvalue weighted by Crippen LogP contribution is 2.45. The second-order valence-corrected chi connectivity index (χ2v) is 29.3. The van der Waals surface area contributed by atoms with Gasteiger partial charge in [-0.25, -0.2) is 9.97 Å². The molecule has 0 atom stereocenters. The minimum Gasteiger partial charge on any atom is -0.341 e. The van der Waals surface area contributed by atoms with Crippen LogP contribution in [-0.4, -0.2) is 31.4 Å². The smallest absolute Gasteiger partial charge is 0.341 e. The Hall–Kier alpha value is -10.8. The topological polar surface area (TPSA) is 113 Å². The lowest BCUT2D eigenvalue weighted by Gasteiger charge is -2.01. The van der Waals surface area contributed by atoms with Crippen LogP contribution in [0.25, 0.3) is 130 Å². The van der Waals surface area contributed by atoms with E-state index in [0.29, 0.717) is 0 Å². The summed E-state index contributed by atoms with van der Waals surface area (Å²) >= 11 is 7.20. The number of imidazole rings is 2. The normalized spacial score (nSPS) is 13.4. The van der Waals surface area contributed by atoms with E-state index in [1.54, 1.807) is 34.0 Å². The summed E-state index contributed by atoms with van der Waals surface area (Å²) in [4.78, 5) is 34.6. The van der Waals surface area contributed by atoms with Gasteiger partial charge in [0.25, 0.3) is 44.1 Å². The van der Waals surface area contributed by atoms with Gasteiger partial charge in [-0.3, -0.25) is 9.98 Å². The number of pyridine rings is 8. The number of hydrogen-bond donors (Lipinski definition) is 2. The minimum absolute atomic E-state index is 0. The molecule has 0 saturated heterocycles. The molecule has 0 amide bonds. The fourth-order valence-electron chi connectivity index (χ4n) is 15.7. The molecule has 0 bridgehead atoms. The third-order valence-electron chi connectivity index (χ3n) is 19.6. The molecule has 18 aromatic rings. The molecule has 2 N–H and O–H groups in total. The molecule has 4 aromatic carbocycles. The van der Waals surface area contributed by atoms with Crippen molar-refractivity contribution in [2.75, 3.05) is 0 Å². The SMILES string of the molecule is C.C.C.C.Cc1ccc(-c2nc3c4ccc[n+]5c4c4c(ccc[n+]4C5)c3[nH]2)s1.Cc1nc2c3ccc[n+]4c3c3c(ccc[n+]3C4)c2[nH]1.c1csc(-c2ccc(C3=Nc4c(c5ccc[n+]6c5c5c4ccc[n+]5C6)C3)s2)c1.c1csc(C2=Nc3c(c4ccc[n+]5c4c4c3ccc[n+]4C5)C2)c1. The fraction of sp³-hybridized carbons (Fsp3) is 0.150. The van der Waals surface area contributed by atoms with E-state index < -0.39 is 0 Å². The zero-order chi connectivity index (χ0) is 61.6. The van der Waals surface area contributed by atoms with E-state index in [1.165, 1.54) is 145 Å². The summed E-state index contributed by atoms with van der Waals surface area (Å²) in [6, 6.07) is 52.1. The predicted octanol–water partition coefficient (Wildman–Crippen LogP) is 15.4. The van der Waals surface area contributed by atoms with E-state index >= 15 is 0 Å². The quantitative estimate of drug-likeness (QED) is 0.135. The number of nitrogens with one attached hydrogen (secondary N) is 2. The molecule has 0 spiro atoms. The molecule has 24 rings (SSSR count). The Morgan fingerprint density at radius 1 is 0.337 bits per heavy atom. The number of aryl methyl sites for hydroxylation is 2. The van der Waals surface area contributed by atoms with Crippen molar-refractivity contribution in [3.8, 4) is 20.5 Å². The van der Waals surface area contributed by atoms with Gasteiger partial charge in [0.2, 0.25) is 0 Å². The number of fused-ring (bicyclic) bond motifs is 12. The van der Waals surface area contributed by atoms with Crippen LogP contribution in [0.1, 0.15) is 61.3 Å². The number of hydrogen-bond acceptors (Lipinski definition) is 8. The Morgan fingerprint density at radius 2 is 0.714 bits per heavy atom. The van der Waals surface area contributed by atoms with Gasteiger partial charge in [-0.15, -0.1) is 81.9 Å². The van der Waals surface area contributed by atoms with E-state index in [2.05, 4.69) is 264 Å². The number of aliphatic imine (C=N–C) groups is 2. The van der Waals surface area contributed by atoms with Crippen LogP contribution >= 0.6 is 45.3 Å². The lowest BCUT2D eigenvalue weighted by atomic mass is 9.99. The van der Waals surface area contributed by atoms with Crippen molar-refractivity contribution >= 4 is 177 Å².